The van der Waals surface area contributed by atoms with Gasteiger partial charge in [-0.15, -0.1) is 0 Å². The van der Waals surface area contributed by atoms with Crippen molar-refractivity contribution in [1.29, 1.82) is 0 Å². The average molecular weight is 320 g/mol. The minimum atomic E-state index is -0.420. The van der Waals surface area contributed by atoms with E-state index in [1.807, 2.05) is 0 Å². The summed E-state index contributed by atoms with van der Waals surface area (Å²) >= 11 is 0. The third-order valence-corrected chi connectivity index (χ3v) is 8.78. The molecule has 8 atom stereocenters. The van der Waals surface area contributed by atoms with Gasteiger partial charge in [0.15, 0.2) is 0 Å². The second kappa shape index (κ2) is 5.29. The summed E-state index contributed by atoms with van der Waals surface area (Å²) < 4.78 is 0. The van der Waals surface area contributed by atoms with Gasteiger partial charge in [0.1, 0.15) is 5.78 Å². The molecule has 0 aliphatic heterocycles. The molecule has 2 N–H and O–H groups in total. The molecule has 4 rings (SSSR count). The topological polar surface area (TPSA) is 57.5 Å². The first-order valence-corrected chi connectivity index (χ1v) is 9.75. The lowest BCUT2D eigenvalue weighted by Crippen LogP contribution is -2.62. The third kappa shape index (κ3) is 1.99. The highest BCUT2D eigenvalue weighted by atomic mass is 16.3. The fourth-order valence-electron chi connectivity index (χ4n) is 7.52. The van der Waals surface area contributed by atoms with Crippen LogP contribution in [0.25, 0.3) is 0 Å². The monoisotopic (exact) mass is 320 g/mol. The Morgan fingerprint density at radius 3 is 2.57 bits per heavy atom. The molecular weight excluding hydrogens is 288 g/mol. The van der Waals surface area contributed by atoms with Crippen molar-refractivity contribution >= 4 is 5.78 Å². The lowest BCUT2D eigenvalue weighted by Gasteiger charge is -2.63. The van der Waals surface area contributed by atoms with E-state index in [1.165, 1.54) is 19.3 Å². The van der Waals surface area contributed by atoms with Gasteiger partial charge in [0.05, 0.1) is 6.10 Å². The van der Waals surface area contributed by atoms with Crippen molar-refractivity contribution in [3.8, 4) is 0 Å². The lowest BCUT2D eigenvalue weighted by atomic mass is 9.42. The van der Waals surface area contributed by atoms with Crippen LogP contribution in [0, 0.1) is 40.4 Å². The van der Waals surface area contributed by atoms with E-state index in [-0.39, 0.29) is 29.3 Å². The van der Waals surface area contributed by atoms with Crippen molar-refractivity contribution in [2.75, 3.05) is 6.61 Å². The number of fused-ring (bicyclic) bond motifs is 5. The number of rotatable bonds is 1. The Balaban J connectivity index is 1.75. The van der Waals surface area contributed by atoms with Gasteiger partial charge in [-0.05, 0) is 61.2 Å². The van der Waals surface area contributed by atoms with Crippen molar-refractivity contribution in [3.05, 3.63) is 0 Å². The number of hydrogen-bond donors (Lipinski definition) is 2. The largest absolute Gasteiger partial charge is 0.396 e. The van der Waals surface area contributed by atoms with Gasteiger partial charge in [0, 0.05) is 24.4 Å². The maximum atomic E-state index is 12.5. The molecule has 0 aromatic rings. The molecule has 0 bridgehead atoms. The van der Waals surface area contributed by atoms with Crippen LogP contribution in [0.3, 0.4) is 0 Å². The Labute approximate surface area is 139 Å². The van der Waals surface area contributed by atoms with Crippen molar-refractivity contribution in [2.24, 2.45) is 40.4 Å². The first-order chi connectivity index (χ1) is 10.9. The summed E-state index contributed by atoms with van der Waals surface area (Å²) in [6.45, 7) is 4.68. The maximum absolute atomic E-state index is 12.5. The Bertz CT molecular complexity index is 503. The minimum absolute atomic E-state index is 0.0135. The van der Waals surface area contributed by atoms with E-state index in [9.17, 15) is 15.0 Å². The van der Waals surface area contributed by atoms with Crippen LogP contribution in [0.2, 0.25) is 0 Å². The fourth-order valence-corrected chi connectivity index (χ4v) is 7.52. The van der Waals surface area contributed by atoms with Crippen molar-refractivity contribution in [1.82, 2.24) is 0 Å². The van der Waals surface area contributed by atoms with Gasteiger partial charge >= 0.3 is 0 Å². The summed E-state index contributed by atoms with van der Waals surface area (Å²) in [5, 5.41) is 21.2. The molecule has 130 valence electrons. The molecular formula is C20H32O3. The molecule has 0 heterocycles. The quantitative estimate of drug-likeness (QED) is 0.780. The zero-order valence-corrected chi connectivity index (χ0v) is 14.6. The number of carbonyl (C=O) groups excluding carboxylic acids is 1. The highest BCUT2D eigenvalue weighted by Gasteiger charge is 2.64. The van der Waals surface area contributed by atoms with Gasteiger partial charge < -0.3 is 10.2 Å². The molecule has 0 aromatic heterocycles. The molecule has 4 aliphatic rings. The fraction of sp³-hybridized carbons (Fsp3) is 0.950. The molecule has 4 fully saturated rings. The molecule has 1 unspecified atom stereocenters. The second-order valence-corrected chi connectivity index (χ2v) is 9.40. The standard InChI is InChI=1S/C20H32O3/c1-19-9-4-3-5-13(19)12(11-21)18(23)17-14-6-7-16(22)20(14,2)10-8-15(17)19/h12-15,17-18,21,23H,3-11H2,1-2H3/t12-,13?,14+,15+,17+,18-,19+,20+/m1/s1. The molecule has 0 radical (unpaired) electrons. The van der Waals surface area contributed by atoms with Crippen molar-refractivity contribution in [2.45, 2.75) is 71.3 Å². The first kappa shape index (κ1) is 16.1. The minimum Gasteiger partial charge on any atom is -0.396 e. The molecule has 0 spiro atoms. The highest BCUT2D eigenvalue weighted by Crippen LogP contribution is 2.66. The van der Waals surface area contributed by atoms with Crippen molar-refractivity contribution < 1.29 is 15.0 Å². The van der Waals surface area contributed by atoms with Crippen LogP contribution >= 0.6 is 0 Å². The van der Waals surface area contributed by atoms with E-state index >= 15 is 0 Å². The molecule has 3 heteroatoms. The first-order valence-electron chi connectivity index (χ1n) is 9.75. The van der Waals surface area contributed by atoms with E-state index in [2.05, 4.69) is 13.8 Å². The summed E-state index contributed by atoms with van der Waals surface area (Å²) in [5.74, 6) is 1.98. The van der Waals surface area contributed by atoms with Crippen LogP contribution in [0.5, 0.6) is 0 Å². The van der Waals surface area contributed by atoms with Crippen LogP contribution < -0.4 is 0 Å². The van der Waals surface area contributed by atoms with E-state index in [0.717, 1.165) is 25.7 Å². The zero-order chi connectivity index (χ0) is 16.4. The normalized spacial score (nSPS) is 55.9. The predicted octanol–water partition coefficient (Wildman–Crippen LogP) is 3.18. The van der Waals surface area contributed by atoms with Gasteiger partial charge in [0.25, 0.3) is 0 Å². The Kier molecular flexibility index (Phi) is 3.70. The predicted molar refractivity (Wildman–Crippen MR) is 88.7 cm³/mol. The molecule has 4 aliphatic carbocycles. The van der Waals surface area contributed by atoms with Gasteiger partial charge in [0.2, 0.25) is 0 Å². The van der Waals surface area contributed by atoms with Crippen LogP contribution in [-0.4, -0.2) is 28.7 Å². The number of aliphatic hydroxyl groups excluding tert-OH is 2. The van der Waals surface area contributed by atoms with Crippen LogP contribution in [0.4, 0.5) is 0 Å². The summed E-state index contributed by atoms with van der Waals surface area (Å²) in [4.78, 5) is 12.5. The van der Waals surface area contributed by atoms with Gasteiger partial charge in [-0.3, -0.25) is 4.79 Å². The summed E-state index contributed by atoms with van der Waals surface area (Å²) in [7, 11) is 0. The average Bonchev–Trinajstić information content (AvgIpc) is 2.84. The van der Waals surface area contributed by atoms with E-state index in [1.54, 1.807) is 0 Å². The maximum Gasteiger partial charge on any atom is 0.139 e. The molecule has 4 saturated carbocycles. The molecule has 3 nitrogen and oxygen atoms in total. The Hall–Kier alpha value is -0.410. The molecule has 23 heavy (non-hydrogen) atoms. The third-order valence-electron chi connectivity index (χ3n) is 8.78. The van der Waals surface area contributed by atoms with Gasteiger partial charge in [-0.1, -0.05) is 26.7 Å². The van der Waals surface area contributed by atoms with Crippen LogP contribution in [0.15, 0.2) is 0 Å². The van der Waals surface area contributed by atoms with Gasteiger partial charge in [-0.25, -0.2) is 0 Å². The van der Waals surface area contributed by atoms with E-state index in [0.29, 0.717) is 30.0 Å². The smallest absolute Gasteiger partial charge is 0.139 e. The van der Waals surface area contributed by atoms with Gasteiger partial charge in [-0.2, -0.15) is 0 Å². The summed E-state index contributed by atoms with van der Waals surface area (Å²) in [5.41, 5.74) is 0.0442. The highest BCUT2D eigenvalue weighted by molar-refractivity contribution is 5.87. The molecule has 0 saturated heterocycles. The van der Waals surface area contributed by atoms with Crippen LogP contribution in [0.1, 0.15) is 65.2 Å². The zero-order valence-electron chi connectivity index (χ0n) is 14.6. The second-order valence-electron chi connectivity index (χ2n) is 9.40. The summed E-state index contributed by atoms with van der Waals surface area (Å²) in [6, 6.07) is 0. The molecule has 0 amide bonds. The SMILES string of the molecule is C[C@]12CCCCC1[C@@H](CO)[C@@H](O)[C@@H]1[C@@H]2CC[C@]2(C)C(=O)CC[C@@H]12. The number of ketones is 1. The number of aliphatic hydroxyl groups is 2. The summed E-state index contributed by atoms with van der Waals surface area (Å²) in [6.07, 6.45) is 8.24. The van der Waals surface area contributed by atoms with Crippen LogP contribution in [-0.2, 0) is 4.79 Å². The number of carbonyl (C=O) groups is 1. The lowest BCUT2D eigenvalue weighted by molar-refractivity contribution is -0.195. The number of Topliss-reactive ketones (excluding diaryl/α,β-unsaturated/α-hetero) is 1. The molecule has 0 aromatic carbocycles. The Morgan fingerprint density at radius 2 is 1.83 bits per heavy atom. The van der Waals surface area contributed by atoms with Crippen molar-refractivity contribution in [3.63, 3.8) is 0 Å². The van der Waals surface area contributed by atoms with E-state index in [4.69, 9.17) is 0 Å². The Morgan fingerprint density at radius 1 is 1.04 bits per heavy atom. The number of hydrogen-bond acceptors (Lipinski definition) is 3. The van der Waals surface area contributed by atoms with E-state index < -0.39 is 6.10 Å².